The highest BCUT2D eigenvalue weighted by molar-refractivity contribution is 5.69. The molecule has 0 saturated carbocycles. The van der Waals surface area contributed by atoms with Gasteiger partial charge in [-0.25, -0.2) is 9.78 Å². The van der Waals surface area contributed by atoms with Crippen LogP contribution in [0.4, 0.5) is 0 Å². The standard InChI is InChI=1S/C21H27N5O3/c1-28-12-13-29-20-22-14-18-19(24-20)26(21(27)23-18)11-8-16-4-6-17(7-5-16)15-25-9-2-3-10-25/h4-7,14H,2-3,8-13,15H2,1H3,(H,23,27). The first-order chi connectivity index (χ1) is 14.2. The summed E-state index contributed by atoms with van der Waals surface area (Å²) in [5, 5.41) is 0. The van der Waals surface area contributed by atoms with Crippen LogP contribution in [0.5, 0.6) is 6.01 Å². The topological polar surface area (TPSA) is 85.3 Å². The SMILES string of the molecule is COCCOc1ncc2[nH]c(=O)n(CCc3ccc(CN4CCCC4)cc3)c2n1. The summed E-state index contributed by atoms with van der Waals surface area (Å²) in [6.45, 7) is 4.77. The predicted octanol–water partition coefficient (Wildman–Crippen LogP) is 1.98. The first-order valence-corrected chi connectivity index (χ1v) is 10.1. The van der Waals surface area contributed by atoms with Gasteiger partial charge in [-0.1, -0.05) is 24.3 Å². The zero-order valence-electron chi connectivity index (χ0n) is 16.8. The molecule has 4 rings (SSSR count). The van der Waals surface area contributed by atoms with Gasteiger partial charge in [-0.2, -0.15) is 4.98 Å². The molecule has 8 heteroatoms. The molecule has 154 valence electrons. The summed E-state index contributed by atoms with van der Waals surface area (Å²) >= 11 is 0. The molecule has 0 radical (unpaired) electrons. The molecule has 1 aliphatic heterocycles. The lowest BCUT2D eigenvalue weighted by Crippen LogP contribution is -2.19. The zero-order chi connectivity index (χ0) is 20.1. The van der Waals surface area contributed by atoms with Gasteiger partial charge in [0.05, 0.1) is 12.8 Å². The number of hydrogen-bond acceptors (Lipinski definition) is 6. The number of imidazole rings is 1. The third-order valence-electron chi connectivity index (χ3n) is 5.26. The third-order valence-corrected chi connectivity index (χ3v) is 5.26. The van der Waals surface area contributed by atoms with Crippen LogP contribution in [0.2, 0.25) is 0 Å². The maximum absolute atomic E-state index is 12.4. The van der Waals surface area contributed by atoms with E-state index >= 15 is 0 Å². The molecule has 3 aromatic rings. The van der Waals surface area contributed by atoms with E-state index in [0.717, 1.165) is 13.0 Å². The van der Waals surface area contributed by atoms with Crippen LogP contribution >= 0.6 is 0 Å². The number of hydrogen-bond donors (Lipinski definition) is 1. The number of benzene rings is 1. The third kappa shape index (κ3) is 4.83. The van der Waals surface area contributed by atoms with Gasteiger partial charge in [0, 0.05) is 20.2 Å². The Morgan fingerprint density at radius 3 is 2.62 bits per heavy atom. The number of fused-ring (bicyclic) bond motifs is 1. The molecule has 29 heavy (non-hydrogen) atoms. The van der Waals surface area contributed by atoms with Crippen LogP contribution in [0.15, 0.2) is 35.3 Å². The smallest absolute Gasteiger partial charge is 0.327 e. The van der Waals surface area contributed by atoms with E-state index in [0.29, 0.717) is 30.9 Å². The Kier molecular flexibility index (Phi) is 6.21. The molecule has 0 unspecified atom stereocenters. The van der Waals surface area contributed by atoms with Gasteiger partial charge in [-0.05, 0) is 43.5 Å². The van der Waals surface area contributed by atoms with Gasteiger partial charge in [0.2, 0.25) is 0 Å². The van der Waals surface area contributed by atoms with E-state index in [2.05, 4.69) is 44.1 Å². The van der Waals surface area contributed by atoms with E-state index in [-0.39, 0.29) is 11.7 Å². The minimum absolute atomic E-state index is 0.186. The summed E-state index contributed by atoms with van der Waals surface area (Å²) < 4.78 is 12.1. The fourth-order valence-electron chi connectivity index (χ4n) is 3.67. The highest BCUT2D eigenvalue weighted by Gasteiger charge is 2.13. The molecule has 2 aromatic heterocycles. The Labute approximate surface area is 169 Å². The van der Waals surface area contributed by atoms with Crippen molar-refractivity contribution < 1.29 is 9.47 Å². The van der Waals surface area contributed by atoms with Gasteiger partial charge in [0.1, 0.15) is 12.1 Å². The summed E-state index contributed by atoms with van der Waals surface area (Å²) in [5.41, 5.74) is 3.51. The van der Waals surface area contributed by atoms with Crippen molar-refractivity contribution in [2.75, 3.05) is 33.4 Å². The molecule has 1 aliphatic rings. The fourth-order valence-corrected chi connectivity index (χ4v) is 3.67. The van der Waals surface area contributed by atoms with Gasteiger partial charge >= 0.3 is 11.7 Å². The zero-order valence-corrected chi connectivity index (χ0v) is 16.8. The minimum Gasteiger partial charge on any atom is -0.461 e. The average Bonchev–Trinajstić information content (AvgIpc) is 3.35. The molecule has 0 aliphatic carbocycles. The van der Waals surface area contributed by atoms with Crippen molar-refractivity contribution in [3.8, 4) is 6.01 Å². The Hall–Kier alpha value is -2.71. The largest absolute Gasteiger partial charge is 0.461 e. The molecule has 8 nitrogen and oxygen atoms in total. The van der Waals surface area contributed by atoms with Crippen LogP contribution in [0.3, 0.4) is 0 Å². The van der Waals surface area contributed by atoms with Crippen molar-refractivity contribution in [1.82, 2.24) is 24.4 Å². The number of methoxy groups -OCH3 is 1. The lowest BCUT2D eigenvalue weighted by molar-refractivity contribution is 0.141. The van der Waals surface area contributed by atoms with E-state index < -0.39 is 0 Å². The molecular formula is C21H27N5O3. The van der Waals surface area contributed by atoms with Gasteiger partial charge in [-0.3, -0.25) is 9.47 Å². The highest BCUT2D eigenvalue weighted by Crippen LogP contribution is 2.15. The molecule has 1 saturated heterocycles. The Morgan fingerprint density at radius 1 is 1.10 bits per heavy atom. The van der Waals surface area contributed by atoms with Crippen molar-refractivity contribution in [3.05, 3.63) is 52.1 Å². The van der Waals surface area contributed by atoms with Crippen LogP contribution in [-0.4, -0.2) is 57.8 Å². The number of aromatic nitrogens is 4. The number of nitrogens with zero attached hydrogens (tertiary/aromatic N) is 4. The maximum atomic E-state index is 12.4. The molecule has 0 bridgehead atoms. The van der Waals surface area contributed by atoms with Crippen molar-refractivity contribution in [3.63, 3.8) is 0 Å². The lowest BCUT2D eigenvalue weighted by atomic mass is 10.1. The summed E-state index contributed by atoms with van der Waals surface area (Å²) in [6.07, 6.45) is 4.94. The van der Waals surface area contributed by atoms with Gasteiger partial charge in [0.25, 0.3) is 0 Å². The quantitative estimate of drug-likeness (QED) is 0.556. The number of likely N-dealkylation sites (tertiary alicyclic amines) is 1. The molecule has 1 N–H and O–H groups in total. The summed E-state index contributed by atoms with van der Waals surface area (Å²) in [5.74, 6) is 0. The van der Waals surface area contributed by atoms with Gasteiger partial charge < -0.3 is 14.5 Å². The summed E-state index contributed by atoms with van der Waals surface area (Å²) in [7, 11) is 1.61. The number of aryl methyl sites for hydroxylation is 2. The molecule has 1 fully saturated rings. The molecule has 0 amide bonds. The highest BCUT2D eigenvalue weighted by atomic mass is 16.5. The number of nitrogens with one attached hydrogen (secondary N) is 1. The van der Waals surface area contributed by atoms with E-state index in [9.17, 15) is 4.79 Å². The molecule has 1 aromatic carbocycles. The molecule has 0 spiro atoms. The average molecular weight is 397 g/mol. The molecule has 0 atom stereocenters. The minimum atomic E-state index is -0.186. The van der Waals surface area contributed by atoms with Crippen molar-refractivity contribution in [1.29, 1.82) is 0 Å². The van der Waals surface area contributed by atoms with Crippen molar-refractivity contribution in [2.24, 2.45) is 0 Å². The predicted molar refractivity (Wildman–Crippen MR) is 110 cm³/mol. The molecular weight excluding hydrogens is 370 g/mol. The van der Waals surface area contributed by atoms with Crippen molar-refractivity contribution in [2.45, 2.75) is 32.4 Å². The Morgan fingerprint density at radius 2 is 1.86 bits per heavy atom. The second kappa shape index (κ2) is 9.19. The van der Waals surface area contributed by atoms with E-state index in [1.54, 1.807) is 17.9 Å². The van der Waals surface area contributed by atoms with Crippen LogP contribution in [-0.2, 0) is 24.2 Å². The second-order valence-corrected chi connectivity index (χ2v) is 7.36. The first kappa shape index (κ1) is 19.6. The first-order valence-electron chi connectivity index (χ1n) is 10.1. The lowest BCUT2D eigenvalue weighted by Gasteiger charge is -2.14. The Bertz CT molecular complexity index is 990. The number of ether oxygens (including phenoxy) is 2. The number of aromatic amines is 1. The van der Waals surface area contributed by atoms with E-state index in [1.807, 2.05) is 0 Å². The van der Waals surface area contributed by atoms with Gasteiger partial charge in [-0.15, -0.1) is 0 Å². The van der Waals surface area contributed by atoms with E-state index in [4.69, 9.17) is 9.47 Å². The summed E-state index contributed by atoms with van der Waals surface area (Å²) in [4.78, 5) is 26.2. The van der Waals surface area contributed by atoms with Crippen LogP contribution in [0.1, 0.15) is 24.0 Å². The fraction of sp³-hybridized carbons (Fsp3) is 0.476. The van der Waals surface area contributed by atoms with Crippen LogP contribution in [0.25, 0.3) is 11.2 Å². The maximum Gasteiger partial charge on any atom is 0.327 e. The number of rotatable bonds is 9. The Balaban J connectivity index is 1.42. The second-order valence-electron chi connectivity index (χ2n) is 7.36. The molecule has 3 heterocycles. The van der Waals surface area contributed by atoms with Crippen molar-refractivity contribution >= 4 is 11.2 Å². The van der Waals surface area contributed by atoms with E-state index in [1.165, 1.54) is 37.1 Å². The normalized spacial score (nSPS) is 14.7. The summed E-state index contributed by atoms with van der Waals surface area (Å²) in [6, 6.07) is 8.93. The number of H-pyrrole nitrogens is 1. The van der Waals surface area contributed by atoms with Crippen LogP contribution in [0, 0.1) is 0 Å². The van der Waals surface area contributed by atoms with Gasteiger partial charge in [0.15, 0.2) is 5.65 Å². The van der Waals surface area contributed by atoms with Crippen LogP contribution < -0.4 is 10.4 Å². The monoisotopic (exact) mass is 397 g/mol.